The van der Waals surface area contributed by atoms with E-state index in [2.05, 4.69) is 0 Å². The van der Waals surface area contributed by atoms with Gasteiger partial charge in [-0.2, -0.15) is 0 Å². The minimum absolute atomic E-state index is 0.0820. The predicted molar refractivity (Wildman–Crippen MR) is 96.8 cm³/mol. The average Bonchev–Trinajstić information content (AvgIpc) is 2.95. The Morgan fingerprint density at radius 2 is 1.96 bits per heavy atom. The molecule has 11 nitrogen and oxygen atoms in total. The maximum atomic E-state index is 12.7. The molecule has 2 fully saturated rings. The first-order chi connectivity index (χ1) is 13.1. The molecule has 1 aromatic rings. The fourth-order valence-corrected chi connectivity index (χ4v) is 4.81. The van der Waals surface area contributed by atoms with E-state index in [9.17, 15) is 24.5 Å². The molecule has 0 aliphatic carbocycles. The van der Waals surface area contributed by atoms with Gasteiger partial charge >= 0.3 is 12.1 Å². The maximum absolute atomic E-state index is 12.7. The van der Waals surface area contributed by atoms with Crippen LogP contribution in [0.4, 0.5) is 10.5 Å². The summed E-state index contributed by atoms with van der Waals surface area (Å²) in [6.07, 6.45) is -0.996. The molecule has 1 aromatic carbocycles. The van der Waals surface area contributed by atoms with Gasteiger partial charge in [0.05, 0.1) is 9.67 Å². The zero-order valence-electron chi connectivity index (χ0n) is 14.8. The van der Waals surface area contributed by atoms with Crippen molar-refractivity contribution in [2.45, 2.75) is 35.7 Å². The van der Waals surface area contributed by atoms with Gasteiger partial charge in [0, 0.05) is 12.1 Å². The summed E-state index contributed by atoms with van der Waals surface area (Å²) in [6.45, 7) is 1.33. The van der Waals surface area contributed by atoms with E-state index < -0.39 is 45.1 Å². The molecule has 0 aromatic heterocycles. The van der Waals surface area contributed by atoms with Crippen LogP contribution in [0.1, 0.15) is 12.5 Å². The van der Waals surface area contributed by atoms with E-state index in [1.165, 1.54) is 40.9 Å². The molecular weight excluding hydrogens is 392 g/mol. The quantitative estimate of drug-likeness (QED) is 0.286. The van der Waals surface area contributed by atoms with Crippen LogP contribution >= 0.6 is 11.8 Å². The Morgan fingerprint density at radius 3 is 2.54 bits per heavy atom. The normalized spacial score (nSPS) is 28.3. The number of rotatable bonds is 6. The van der Waals surface area contributed by atoms with Crippen molar-refractivity contribution in [3.63, 3.8) is 0 Å². The molecule has 2 amide bonds. The summed E-state index contributed by atoms with van der Waals surface area (Å²) >= 11 is 1.25. The summed E-state index contributed by atoms with van der Waals surface area (Å²) in [5.41, 5.74) is 11.3. The number of primary amides is 1. The number of nitro benzene ring substituents is 1. The molecule has 2 saturated heterocycles. The van der Waals surface area contributed by atoms with Crippen LogP contribution in [0.15, 0.2) is 24.3 Å². The van der Waals surface area contributed by atoms with Crippen molar-refractivity contribution in [2.75, 3.05) is 6.61 Å². The molecule has 4 N–H and O–H groups in total. The van der Waals surface area contributed by atoms with Gasteiger partial charge in [-0.05, 0) is 24.6 Å². The minimum Gasteiger partial charge on any atom is -0.459 e. The van der Waals surface area contributed by atoms with Crippen molar-refractivity contribution < 1.29 is 28.8 Å². The minimum atomic E-state index is -1.01. The molecule has 3 unspecified atom stereocenters. The number of nitrogens with two attached hydrogens (primary N) is 2. The van der Waals surface area contributed by atoms with Gasteiger partial charge in [0.15, 0.2) is 0 Å². The second-order valence-corrected chi connectivity index (χ2v) is 8.29. The fraction of sp³-hybridized carbons (Fsp3) is 0.438. The van der Waals surface area contributed by atoms with E-state index in [0.717, 1.165) is 0 Å². The summed E-state index contributed by atoms with van der Waals surface area (Å²) in [5, 5.41) is 10.3. The molecule has 2 heterocycles. The Bertz CT molecular complexity index is 833. The Kier molecular flexibility index (Phi) is 5.17. The molecule has 3 rings (SSSR count). The smallest absolute Gasteiger partial charge is 0.404 e. The number of non-ortho nitro benzene ring substituents is 1. The van der Waals surface area contributed by atoms with Crippen molar-refractivity contribution in [3.8, 4) is 0 Å². The van der Waals surface area contributed by atoms with Gasteiger partial charge in [0.25, 0.3) is 5.69 Å². The monoisotopic (exact) mass is 410 g/mol. The second-order valence-electron chi connectivity index (χ2n) is 6.63. The van der Waals surface area contributed by atoms with Crippen LogP contribution in [0.2, 0.25) is 0 Å². The Balaban J connectivity index is 1.72. The molecular formula is C16H18N4O7S. The maximum Gasteiger partial charge on any atom is 0.404 e. The van der Waals surface area contributed by atoms with Gasteiger partial charge in [-0.25, -0.2) is 9.59 Å². The highest BCUT2D eigenvalue weighted by Crippen LogP contribution is 2.51. The highest BCUT2D eigenvalue weighted by molar-refractivity contribution is 8.01. The number of nitro groups is 1. The number of benzene rings is 1. The standard InChI is InChI=1S/C16H18N4O7S/c1-16(7-27-15(18)23)11(19-12(21)10(17)13(19)28-16)14(22)26-6-8-2-4-9(5-3-8)20(24)25/h2-5,10-11,13H,6-7,17H2,1H3,(H2,18,23)/t10?,11?,13-,16?/m1/s1. The lowest BCUT2D eigenvalue weighted by Crippen LogP contribution is -2.69. The third-order valence-electron chi connectivity index (χ3n) is 4.62. The molecule has 2 aliphatic rings. The molecule has 0 spiro atoms. The van der Waals surface area contributed by atoms with Crippen molar-refractivity contribution in [1.29, 1.82) is 0 Å². The Morgan fingerprint density at radius 1 is 1.32 bits per heavy atom. The lowest BCUT2D eigenvalue weighted by molar-refractivity contribution is -0.384. The van der Waals surface area contributed by atoms with Gasteiger partial charge < -0.3 is 25.8 Å². The highest BCUT2D eigenvalue weighted by atomic mass is 32.2. The first-order valence-corrected chi connectivity index (χ1v) is 9.10. The Hall–Kier alpha value is -2.86. The van der Waals surface area contributed by atoms with E-state index in [-0.39, 0.29) is 18.9 Å². The SMILES string of the molecule is CC1(COC(N)=O)S[C@@H]2C(N)C(=O)N2C1C(=O)OCc1ccc([N+](=O)[O-])cc1. The number of thioether (sulfide) groups is 1. The van der Waals surface area contributed by atoms with Crippen LogP contribution in [0.5, 0.6) is 0 Å². The molecule has 0 saturated carbocycles. The lowest BCUT2D eigenvalue weighted by Gasteiger charge is -2.42. The van der Waals surface area contributed by atoms with Gasteiger partial charge in [-0.1, -0.05) is 0 Å². The van der Waals surface area contributed by atoms with E-state index >= 15 is 0 Å². The van der Waals surface area contributed by atoms with Crippen LogP contribution in [-0.2, 0) is 25.7 Å². The number of ether oxygens (including phenoxy) is 2. The van der Waals surface area contributed by atoms with Crippen LogP contribution in [0, 0.1) is 10.1 Å². The van der Waals surface area contributed by atoms with E-state index in [1.807, 2.05) is 0 Å². The number of β-lactam (4-membered cyclic amide) rings is 1. The molecule has 4 atom stereocenters. The summed E-state index contributed by atoms with van der Waals surface area (Å²) in [7, 11) is 0. The molecule has 150 valence electrons. The third kappa shape index (κ3) is 3.47. The van der Waals surface area contributed by atoms with Crippen molar-refractivity contribution in [1.82, 2.24) is 4.90 Å². The van der Waals surface area contributed by atoms with Crippen LogP contribution in [0.25, 0.3) is 0 Å². The van der Waals surface area contributed by atoms with E-state index in [1.54, 1.807) is 6.92 Å². The fourth-order valence-electron chi connectivity index (χ4n) is 3.19. The van der Waals surface area contributed by atoms with E-state index in [0.29, 0.717) is 5.56 Å². The van der Waals surface area contributed by atoms with Gasteiger partial charge in [0.1, 0.15) is 30.7 Å². The summed E-state index contributed by atoms with van der Waals surface area (Å²) in [5.74, 6) is -1.08. The second kappa shape index (κ2) is 7.28. The van der Waals surface area contributed by atoms with Crippen molar-refractivity contribution in [3.05, 3.63) is 39.9 Å². The number of hydrogen-bond donors (Lipinski definition) is 2. The first kappa shape index (κ1) is 19.9. The van der Waals surface area contributed by atoms with Crippen molar-refractivity contribution >= 4 is 35.4 Å². The number of amides is 2. The molecule has 12 heteroatoms. The van der Waals surface area contributed by atoms with Crippen LogP contribution in [0.3, 0.4) is 0 Å². The largest absolute Gasteiger partial charge is 0.459 e. The van der Waals surface area contributed by atoms with Gasteiger partial charge in [0.2, 0.25) is 5.91 Å². The molecule has 0 bridgehead atoms. The predicted octanol–water partition coefficient (Wildman–Crippen LogP) is 0.103. The Labute approximate surface area is 163 Å². The lowest BCUT2D eigenvalue weighted by atomic mass is 9.95. The average molecular weight is 410 g/mol. The zero-order chi connectivity index (χ0) is 20.6. The first-order valence-electron chi connectivity index (χ1n) is 8.22. The number of nitrogens with zero attached hydrogens (tertiary/aromatic N) is 2. The van der Waals surface area contributed by atoms with Gasteiger partial charge in [-0.3, -0.25) is 14.9 Å². The topological polar surface area (TPSA) is 168 Å². The van der Waals surface area contributed by atoms with Crippen LogP contribution < -0.4 is 11.5 Å². The number of esters is 1. The summed E-state index contributed by atoms with van der Waals surface area (Å²) in [4.78, 5) is 47.4. The zero-order valence-corrected chi connectivity index (χ0v) is 15.6. The summed E-state index contributed by atoms with van der Waals surface area (Å²) < 4.78 is 9.22. The number of hydrogen-bond acceptors (Lipinski definition) is 9. The van der Waals surface area contributed by atoms with E-state index in [4.69, 9.17) is 20.9 Å². The molecule has 2 aliphatic heterocycles. The van der Waals surface area contributed by atoms with Crippen molar-refractivity contribution in [2.24, 2.45) is 11.5 Å². The molecule has 28 heavy (non-hydrogen) atoms. The number of carbonyl (C=O) groups excluding carboxylic acids is 3. The third-order valence-corrected chi connectivity index (χ3v) is 6.26. The van der Waals surface area contributed by atoms with Crippen LogP contribution in [-0.4, -0.2) is 56.6 Å². The number of fused-ring (bicyclic) bond motifs is 1. The van der Waals surface area contributed by atoms with Gasteiger partial charge in [-0.15, -0.1) is 11.8 Å². The molecule has 0 radical (unpaired) electrons. The number of carbonyl (C=O) groups is 3. The summed E-state index contributed by atoms with van der Waals surface area (Å²) in [6, 6.07) is 3.79. The highest BCUT2D eigenvalue weighted by Gasteiger charge is 2.65.